The van der Waals surface area contributed by atoms with Crippen molar-refractivity contribution in [3.63, 3.8) is 0 Å². The van der Waals surface area contributed by atoms with Crippen LogP contribution in [-0.4, -0.2) is 67.2 Å². The summed E-state index contributed by atoms with van der Waals surface area (Å²) in [6.45, 7) is 3.98. The highest BCUT2D eigenvalue weighted by Gasteiger charge is 2.55. The summed E-state index contributed by atoms with van der Waals surface area (Å²) in [5.41, 5.74) is 1.03. The average molecular weight is 329 g/mol. The minimum atomic E-state index is 0.00422. The molecule has 128 valence electrons. The molecule has 1 aromatic rings. The first-order valence-electron chi connectivity index (χ1n) is 8.67. The number of nitrogens with zero attached hydrogens (tertiary/aromatic N) is 2. The molecule has 1 aromatic carbocycles. The Kier molecular flexibility index (Phi) is 4.14. The average Bonchev–Trinajstić information content (AvgIpc) is 3.04. The number of rotatable bonds is 3. The van der Waals surface area contributed by atoms with Gasteiger partial charge in [-0.2, -0.15) is 0 Å². The summed E-state index contributed by atoms with van der Waals surface area (Å²) in [6, 6.07) is 10.1. The van der Waals surface area contributed by atoms with E-state index in [4.69, 9.17) is 4.74 Å². The second-order valence-corrected chi connectivity index (χ2v) is 6.87. The molecule has 1 saturated carbocycles. The van der Waals surface area contributed by atoms with Gasteiger partial charge in [0.05, 0.1) is 19.6 Å². The van der Waals surface area contributed by atoms with Crippen LogP contribution in [0.5, 0.6) is 0 Å². The van der Waals surface area contributed by atoms with Crippen molar-refractivity contribution in [2.24, 2.45) is 11.8 Å². The van der Waals surface area contributed by atoms with Crippen LogP contribution in [0.2, 0.25) is 0 Å². The van der Waals surface area contributed by atoms with Crippen molar-refractivity contribution in [3.8, 4) is 0 Å². The molecule has 1 aliphatic carbocycles. The summed E-state index contributed by atoms with van der Waals surface area (Å²) in [6.07, 6.45) is 0.429. The molecule has 2 heterocycles. The van der Waals surface area contributed by atoms with Crippen molar-refractivity contribution in [1.29, 1.82) is 0 Å². The largest absolute Gasteiger partial charge is 0.381 e. The molecule has 0 bridgehead atoms. The maximum Gasteiger partial charge on any atom is 0.317 e. The summed E-state index contributed by atoms with van der Waals surface area (Å²) in [4.78, 5) is 28.4. The smallest absolute Gasteiger partial charge is 0.317 e. The summed E-state index contributed by atoms with van der Waals surface area (Å²) < 4.78 is 5.34. The minimum Gasteiger partial charge on any atom is -0.381 e. The Hall–Kier alpha value is -2.08. The fourth-order valence-electron chi connectivity index (χ4n) is 3.73. The van der Waals surface area contributed by atoms with Crippen LogP contribution in [0.25, 0.3) is 0 Å². The lowest BCUT2D eigenvalue weighted by atomic mass is 10.1. The standard InChI is InChI=1S/C18H23N3O3/c22-16(10-13-4-2-1-3-5-13)20-6-8-21(9-7-20)18(23)19-17-14-11-24-12-15(14)17/h1-5,14-15,17H,6-12H2,(H,19,23)/t14-,15+,17?. The molecule has 3 aliphatic rings. The van der Waals surface area contributed by atoms with Crippen LogP contribution in [0.15, 0.2) is 30.3 Å². The number of ether oxygens (including phenoxy) is 1. The number of hydrogen-bond acceptors (Lipinski definition) is 3. The van der Waals surface area contributed by atoms with E-state index in [1.54, 1.807) is 0 Å². The molecular weight excluding hydrogens is 306 g/mol. The van der Waals surface area contributed by atoms with E-state index in [0.717, 1.165) is 18.8 Å². The highest BCUT2D eigenvalue weighted by molar-refractivity contribution is 5.79. The first-order valence-corrected chi connectivity index (χ1v) is 8.67. The second kappa shape index (κ2) is 6.43. The number of amides is 3. The third-order valence-corrected chi connectivity index (χ3v) is 5.36. The molecule has 2 aliphatic heterocycles. The number of carbonyl (C=O) groups is 2. The minimum absolute atomic E-state index is 0.00422. The van der Waals surface area contributed by atoms with Crippen molar-refractivity contribution in [3.05, 3.63) is 35.9 Å². The lowest BCUT2D eigenvalue weighted by Gasteiger charge is -2.35. The molecule has 6 heteroatoms. The van der Waals surface area contributed by atoms with Gasteiger partial charge >= 0.3 is 6.03 Å². The predicted molar refractivity (Wildman–Crippen MR) is 88.4 cm³/mol. The second-order valence-electron chi connectivity index (χ2n) is 6.87. The van der Waals surface area contributed by atoms with Gasteiger partial charge in [0.25, 0.3) is 0 Å². The predicted octanol–water partition coefficient (Wildman–Crippen LogP) is 0.728. The van der Waals surface area contributed by atoms with E-state index in [2.05, 4.69) is 5.32 Å². The molecule has 1 N–H and O–H groups in total. The zero-order chi connectivity index (χ0) is 16.5. The Morgan fingerprint density at radius 2 is 1.62 bits per heavy atom. The Bertz CT molecular complexity index is 603. The Morgan fingerprint density at radius 3 is 2.29 bits per heavy atom. The van der Waals surface area contributed by atoms with Gasteiger partial charge in [-0.3, -0.25) is 4.79 Å². The fourth-order valence-corrected chi connectivity index (χ4v) is 3.73. The van der Waals surface area contributed by atoms with Crippen LogP contribution in [0.1, 0.15) is 5.56 Å². The highest BCUT2D eigenvalue weighted by Crippen LogP contribution is 2.44. The third kappa shape index (κ3) is 3.11. The maximum atomic E-state index is 12.4. The van der Waals surface area contributed by atoms with Gasteiger partial charge in [0, 0.05) is 44.1 Å². The van der Waals surface area contributed by atoms with Gasteiger partial charge in [0.2, 0.25) is 5.91 Å². The first kappa shape index (κ1) is 15.4. The van der Waals surface area contributed by atoms with E-state index in [0.29, 0.717) is 50.5 Å². The van der Waals surface area contributed by atoms with E-state index >= 15 is 0 Å². The highest BCUT2D eigenvalue weighted by atomic mass is 16.5. The molecule has 4 rings (SSSR count). The number of nitrogens with one attached hydrogen (secondary N) is 1. The maximum absolute atomic E-state index is 12.4. The Balaban J connectivity index is 1.23. The molecule has 24 heavy (non-hydrogen) atoms. The lowest BCUT2D eigenvalue weighted by molar-refractivity contribution is -0.131. The van der Waals surface area contributed by atoms with Gasteiger partial charge < -0.3 is 19.9 Å². The van der Waals surface area contributed by atoms with E-state index in [9.17, 15) is 9.59 Å². The van der Waals surface area contributed by atoms with Gasteiger partial charge in [-0.05, 0) is 5.56 Å². The van der Waals surface area contributed by atoms with Gasteiger partial charge in [-0.1, -0.05) is 30.3 Å². The molecule has 1 unspecified atom stereocenters. The van der Waals surface area contributed by atoms with E-state index in [1.165, 1.54) is 0 Å². The zero-order valence-corrected chi connectivity index (χ0v) is 13.7. The molecule has 0 aromatic heterocycles. The Labute approximate surface area is 141 Å². The van der Waals surface area contributed by atoms with Gasteiger partial charge in [-0.15, -0.1) is 0 Å². The molecule has 3 amide bonds. The summed E-state index contributed by atoms with van der Waals surface area (Å²) in [5, 5.41) is 3.11. The summed E-state index contributed by atoms with van der Waals surface area (Å²) in [7, 11) is 0. The number of fused-ring (bicyclic) bond motifs is 1. The van der Waals surface area contributed by atoms with E-state index in [-0.39, 0.29) is 11.9 Å². The van der Waals surface area contributed by atoms with E-state index < -0.39 is 0 Å². The van der Waals surface area contributed by atoms with Crippen LogP contribution in [-0.2, 0) is 16.0 Å². The van der Waals surface area contributed by atoms with Crippen molar-refractivity contribution in [1.82, 2.24) is 15.1 Å². The lowest BCUT2D eigenvalue weighted by Crippen LogP contribution is -2.54. The van der Waals surface area contributed by atoms with Crippen LogP contribution in [0.4, 0.5) is 4.79 Å². The van der Waals surface area contributed by atoms with Gasteiger partial charge in [-0.25, -0.2) is 4.79 Å². The molecule has 3 fully saturated rings. The van der Waals surface area contributed by atoms with Gasteiger partial charge in [0.1, 0.15) is 0 Å². The molecule has 2 saturated heterocycles. The number of urea groups is 1. The van der Waals surface area contributed by atoms with E-state index in [1.807, 2.05) is 40.1 Å². The van der Waals surface area contributed by atoms with Crippen LogP contribution < -0.4 is 5.32 Å². The van der Waals surface area contributed by atoms with Crippen LogP contribution >= 0.6 is 0 Å². The fraction of sp³-hybridized carbons (Fsp3) is 0.556. The normalized spacial score (nSPS) is 28.4. The van der Waals surface area contributed by atoms with Crippen LogP contribution in [0, 0.1) is 11.8 Å². The summed E-state index contributed by atoms with van der Waals surface area (Å²) in [5.74, 6) is 1.17. The summed E-state index contributed by atoms with van der Waals surface area (Å²) >= 11 is 0. The molecule has 0 spiro atoms. The first-order chi connectivity index (χ1) is 11.7. The number of carbonyl (C=O) groups excluding carboxylic acids is 2. The van der Waals surface area contributed by atoms with Gasteiger partial charge in [0.15, 0.2) is 0 Å². The van der Waals surface area contributed by atoms with Crippen molar-refractivity contribution in [2.75, 3.05) is 39.4 Å². The van der Waals surface area contributed by atoms with Crippen molar-refractivity contribution >= 4 is 11.9 Å². The SMILES string of the molecule is O=C(Cc1ccccc1)N1CCN(C(=O)NC2[C@H]3COC[C@@H]23)CC1. The van der Waals surface area contributed by atoms with Crippen LogP contribution in [0.3, 0.4) is 0 Å². The molecule has 6 nitrogen and oxygen atoms in total. The number of benzene rings is 1. The molecule has 0 radical (unpaired) electrons. The monoisotopic (exact) mass is 329 g/mol. The Morgan fingerprint density at radius 1 is 1.00 bits per heavy atom. The quantitative estimate of drug-likeness (QED) is 0.889. The molecular formula is C18H23N3O3. The third-order valence-electron chi connectivity index (χ3n) is 5.36. The number of piperazine rings is 1. The van der Waals surface area contributed by atoms with Crippen molar-refractivity contribution in [2.45, 2.75) is 12.5 Å². The number of hydrogen-bond donors (Lipinski definition) is 1. The zero-order valence-electron chi connectivity index (χ0n) is 13.7. The molecule has 3 atom stereocenters. The topological polar surface area (TPSA) is 61.9 Å². The van der Waals surface area contributed by atoms with Crippen molar-refractivity contribution < 1.29 is 14.3 Å².